The van der Waals surface area contributed by atoms with Crippen molar-refractivity contribution in [2.45, 2.75) is 78.7 Å². The van der Waals surface area contributed by atoms with Gasteiger partial charge in [0.2, 0.25) is 0 Å². The third-order valence-electron chi connectivity index (χ3n) is 8.91. The highest BCUT2D eigenvalue weighted by molar-refractivity contribution is 5.33. The van der Waals surface area contributed by atoms with Gasteiger partial charge in [-0.1, -0.05) is 34.1 Å². The van der Waals surface area contributed by atoms with E-state index in [2.05, 4.69) is 34.6 Å². The normalized spacial score (nSPS) is 61.6. The van der Waals surface area contributed by atoms with Crippen molar-refractivity contribution in [2.75, 3.05) is 0 Å². The van der Waals surface area contributed by atoms with Crippen LogP contribution in [0.1, 0.15) is 73.1 Å². The van der Waals surface area contributed by atoms with Crippen LogP contribution in [-0.2, 0) is 0 Å². The van der Waals surface area contributed by atoms with Crippen molar-refractivity contribution in [3.63, 3.8) is 0 Å². The Morgan fingerprint density at radius 1 is 1.19 bits per heavy atom. The van der Waals surface area contributed by atoms with Crippen molar-refractivity contribution >= 4 is 0 Å². The first-order chi connectivity index (χ1) is 9.83. The molecule has 1 heteroatoms. The van der Waals surface area contributed by atoms with E-state index < -0.39 is 0 Å². The molecule has 4 aliphatic rings. The molecule has 0 aliphatic heterocycles. The lowest BCUT2D eigenvalue weighted by molar-refractivity contribution is -0.0955. The molecule has 1 nitrogen and oxygen atoms in total. The predicted molar refractivity (Wildman–Crippen MR) is 86.8 cm³/mol. The SMILES string of the molecule is CC[C@H]1C[C@@H](C(C)C)[C@H]2[C@@H]3C24[C@@H](C)CCC14CC[C@]3(C)O. The van der Waals surface area contributed by atoms with E-state index in [1.165, 1.54) is 32.1 Å². The standard InChI is InChI=1S/C20H34O/c1-6-14-11-15(12(2)3)16-17-18(5,21)9-10-19(14)8-7-13(4)20(16,17)19/h12-17,21H,6-11H2,1-5H3/t13-,14-,15-,16-,17-,18-,19?,20?/m0/s1. The molecule has 0 radical (unpaired) electrons. The summed E-state index contributed by atoms with van der Waals surface area (Å²) in [4.78, 5) is 0. The molecule has 120 valence electrons. The van der Waals surface area contributed by atoms with Gasteiger partial charge in [0.1, 0.15) is 0 Å². The van der Waals surface area contributed by atoms with Gasteiger partial charge in [-0.05, 0) is 85.4 Å². The highest BCUT2D eigenvalue weighted by Gasteiger charge is 2.86. The zero-order chi connectivity index (χ0) is 15.2. The molecule has 0 saturated heterocycles. The maximum Gasteiger partial charge on any atom is 0.0656 e. The van der Waals surface area contributed by atoms with Crippen molar-refractivity contribution < 1.29 is 5.11 Å². The Kier molecular flexibility index (Phi) is 2.82. The molecule has 8 atom stereocenters. The molecule has 0 aromatic carbocycles. The molecular weight excluding hydrogens is 256 g/mol. The quantitative estimate of drug-likeness (QED) is 0.768. The zero-order valence-electron chi connectivity index (χ0n) is 14.7. The molecule has 4 fully saturated rings. The molecule has 0 aromatic heterocycles. The van der Waals surface area contributed by atoms with Crippen LogP contribution in [0.2, 0.25) is 0 Å². The van der Waals surface area contributed by atoms with Gasteiger partial charge >= 0.3 is 0 Å². The van der Waals surface area contributed by atoms with Crippen LogP contribution >= 0.6 is 0 Å². The third-order valence-corrected chi connectivity index (χ3v) is 8.91. The molecule has 0 aromatic rings. The first-order valence-corrected chi connectivity index (χ1v) is 9.55. The van der Waals surface area contributed by atoms with Crippen molar-refractivity contribution in [3.8, 4) is 0 Å². The van der Waals surface area contributed by atoms with E-state index in [0.717, 1.165) is 36.0 Å². The molecular formula is C20H34O. The second kappa shape index (κ2) is 4.08. The Labute approximate surface area is 130 Å². The van der Waals surface area contributed by atoms with Gasteiger partial charge in [0.15, 0.2) is 0 Å². The summed E-state index contributed by atoms with van der Waals surface area (Å²) >= 11 is 0. The van der Waals surface area contributed by atoms with E-state index in [0.29, 0.717) is 16.7 Å². The molecule has 1 N–H and O–H groups in total. The Balaban J connectivity index is 1.86. The molecule has 21 heavy (non-hydrogen) atoms. The van der Waals surface area contributed by atoms with Gasteiger partial charge in [0.05, 0.1) is 5.60 Å². The van der Waals surface area contributed by atoms with Crippen LogP contribution in [0, 0.1) is 46.3 Å². The molecule has 0 heterocycles. The average molecular weight is 290 g/mol. The van der Waals surface area contributed by atoms with E-state index in [9.17, 15) is 5.11 Å². The molecule has 0 amide bonds. The van der Waals surface area contributed by atoms with Crippen molar-refractivity contribution in [1.82, 2.24) is 0 Å². The minimum atomic E-state index is -0.386. The van der Waals surface area contributed by atoms with Crippen LogP contribution in [0.3, 0.4) is 0 Å². The summed E-state index contributed by atoms with van der Waals surface area (Å²) in [6, 6.07) is 0. The van der Waals surface area contributed by atoms with Gasteiger partial charge in [-0.25, -0.2) is 0 Å². The number of aliphatic hydroxyl groups is 1. The lowest BCUT2D eigenvalue weighted by Crippen LogP contribution is -2.50. The van der Waals surface area contributed by atoms with Crippen LogP contribution in [0.4, 0.5) is 0 Å². The van der Waals surface area contributed by atoms with E-state index in [-0.39, 0.29) is 5.60 Å². The highest BCUT2D eigenvalue weighted by atomic mass is 16.3. The van der Waals surface area contributed by atoms with Gasteiger partial charge in [0.25, 0.3) is 0 Å². The molecule has 4 aliphatic carbocycles. The lowest BCUT2D eigenvalue weighted by Gasteiger charge is -2.54. The Hall–Kier alpha value is -0.0400. The first-order valence-electron chi connectivity index (χ1n) is 9.55. The van der Waals surface area contributed by atoms with Crippen LogP contribution in [-0.4, -0.2) is 10.7 Å². The minimum Gasteiger partial charge on any atom is -0.390 e. The summed E-state index contributed by atoms with van der Waals surface area (Å²) < 4.78 is 0. The number of rotatable bonds is 2. The Bertz CT molecular complexity index is 453. The summed E-state index contributed by atoms with van der Waals surface area (Å²) in [6.07, 6.45) is 8.05. The summed E-state index contributed by atoms with van der Waals surface area (Å²) in [6.45, 7) is 12.0. The molecule has 4 rings (SSSR count). The van der Waals surface area contributed by atoms with Crippen molar-refractivity contribution in [1.29, 1.82) is 0 Å². The van der Waals surface area contributed by atoms with Crippen molar-refractivity contribution in [3.05, 3.63) is 0 Å². The molecule has 2 unspecified atom stereocenters. The largest absolute Gasteiger partial charge is 0.390 e. The van der Waals surface area contributed by atoms with Crippen LogP contribution in [0.5, 0.6) is 0 Å². The molecule has 4 saturated carbocycles. The van der Waals surface area contributed by atoms with Crippen LogP contribution in [0.25, 0.3) is 0 Å². The van der Waals surface area contributed by atoms with Crippen LogP contribution in [0.15, 0.2) is 0 Å². The van der Waals surface area contributed by atoms with Crippen LogP contribution < -0.4 is 0 Å². The Morgan fingerprint density at radius 2 is 1.90 bits per heavy atom. The minimum absolute atomic E-state index is 0.386. The highest BCUT2D eigenvalue weighted by Crippen LogP contribution is 2.89. The smallest absolute Gasteiger partial charge is 0.0656 e. The fourth-order valence-corrected chi connectivity index (χ4v) is 8.31. The van der Waals surface area contributed by atoms with Gasteiger partial charge in [-0.15, -0.1) is 0 Å². The summed E-state index contributed by atoms with van der Waals surface area (Å²) in [5.41, 5.74) is 0.731. The molecule has 1 spiro atoms. The van der Waals surface area contributed by atoms with E-state index in [1.807, 2.05) is 0 Å². The Morgan fingerprint density at radius 3 is 2.52 bits per heavy atom. The maximum atomic E-state index is 11.1. The third kappa shape index (κ3) is 1.39. The topological polar surface area (TPSA) is 20.2 Å². The van der Waals surface area contributed by atoms with E-state index in [1.54, 1.807) is 0 Å². The van der Waals surface area contributed by atoms with E-state index >= 15 is 0 Å². The maximum absolute atomic E-state index is 11.1. The predicted octanol–water partition coefficient (Wildman–Crippen LogP) is 4.88. The second-order valence-corrected chi connectivity index (χ2v) is 9.64. The van der Waals surface area contributed by atoms with Gasteiger partial charge in [0, 0.05) is 0 Å². The zero-order valence-corrected chi connectivity index (χ0v) is 14.7. The number of hydrogen-bond donors (Lipinski definition) is 1. The second-order valence-electron chi connectivity index (χ2n) is 9.64. The first kappa shape index (κ1) is 14.5. The monoisotopic (exact) mass is 290 g/mol. The summed E-state index contributed by atoms with van der Waals surface area (Å²) in [5.74, 6) is 4.85. The fourth-order valence-electron chi connectivity index (χ4n) is 8.31. The summed E-state index contributed by atoms with van der Waals surface area (Å²) in [7, 11) is 0. The number of hydrogen-bond acceptors (Lipinski definition) is 1. The van der Waals surface area contributed by atoms with E-state index in [4.69, 9.17) is 0 Å². The van der Waals surface area contributed by atoms with Gasteiger partial charge in [-0.2, -0.15) is 0 Å². The average Bonchev–Trinajstić information content (AvgIpc) is 3.06. The van der Waals surface area contributed by atoms with Gasteiger partial charge < -0.3 is 5.11 Å². The fraction of sp³-hybridized carbons (Fsp3) is 1.00. The number of fused-ring (bicyclic) bond motifs is 1. The van der Waals surface area contributed by atoms with Crippen molar-refractivity contribution in [2.24, 2.45) is 46.3 Å². The summed E-state index contributed by atoms with van der Waals surface area (Å²) in [5, 5.41) is 11.1. The molecule has 0 bridgehead atoms. The lowest BCUT2D eigenvalue weighted by atomic mass is 9.51. The van der Waals surface area contributed by atoms with Gasteiger partial charge in [-0.3, -0.25) is 0 Å².